The average Bonchev–Trinajstić information content (AvgIpc) is 2.35. The topological polar surface area (TPSA) is 56.3 Å². The number of methoxy groups -OCH3 is 1. The Morgan fingerprint density at radius 1 is 1.25 bits per heavy atom. The summed E-state index contributed by atoms with van der Waals surface area (Å²) in [5, 5.41) is 3.23. The van der Waals surface area contributed by atoms with Crippen LogP contribution in [0, 0.1) is 5.92 Å². The van der Waals surface area contributed by atoms with Crippen molar-refractivity contribution < 1.29 is 9.47 Å². The molecule has 1 aromatic rings. The van der Waals surface area contributed by atoms with Crippen LogP contribution in [0.3, 0.4) is 0 Å². The molecular weight excluding hydrogens is 254 g/mol. The molecule has 1 rings (SSSR count). The lowest BCUT2D eigenvalue weighted by molar-refractivity contribution is 0.210. The van der Waals surface area contributed by atoms with E-state index in [4.69, 9.17) is 9.47 Å². The molecule has 5 nitrogen and oxygen atoms in total. The monoisotopic (exact) mass is 281 g/mol. The van der Waals surface area contributed by atoms with Gasteiger partial charge in [0.05, 0.1) is 13.2 Å². The number of hydrogen-bond donors (Lipinski definition) is 1. The van der Waals surface area contributed by atoms with Crippen molar-refractivity contribution in [2.24, 2.45) is 5.92 Å². The summed E-state index contributed by atoms with van der Waals surface area (Å²) in [4.78, 5) is 9.05. The van der Waals surface area contributed by atoms with Gasteiger partial charge in [0, 0.05) is 25.1 Å². The Bertz CT molecular complexity index is 414. The molecule has 0 aliphatic rings. The second kappa shape index (κ2) is 7.43. The largest absolute Gasteiger partial charge is 0.477 e. The van der Waals surface area contributed by atoms with Gasteiger partial charge in [-0.25, -0.2) is 4.98 Å². The molecule has 5 heteroatoms. The van der Waals surface area contributed by atoms with Gasteiger partial charge in [-0.2, -0.15) is 4.98 Å². The molecule has 0 fully saturated rings. The summed E-state index contributed by atoms with van der Waals surface area (Å²) in [6.45, 7) is 12.5. The normalized spacial score (nSPS) is 11.8. The lowest BCUT2D eigenvalue weighted by Gasteiger charge is -2.19. The predicted octanol–water partition coefficient (Wildman–Crippen LogP) is 2.87. The van der Waals surface area contributed by atoms with Crippen molar-refractivity contribution in [1.29, 1.82) is 0 Å². The standard InChI is InChI=1S/C15H27N3O2/c1-11(2)10-20-13-9-12(16-7-8-19-6)17-14(18-13)15(3,4)5/h9,11H,7-8,10H2,1-6H3,(H,16,17,18). The van der Waals surface area contributed by atoms with Crippen molar-refractivity contribution >= 4 is 5.82 Å². The summed E-state index contributed by atoms with van der Waals surface area (Å²) in [6.07, 6.45) is 0. The first-order valence-electron chi connectivity index (χ1n) is 7.08. The second-order valence-corrected chi connectivity index (χ2v) is 6.29. The Morgan fingerprint density at radius 2 is 1.95 bits per heavy atom. The van der Waals surface area contributed by atoms with E-state index >= 15 is 0 Å². The summed E-state index contributed by atoms with van der Waals surface area (Å²) < 4.78 is 10.8. The smallest absolute Gasteiger partial charge is 0.218 e. The fraction of sp³-hybridized carbons (Fsp3) is 0.733. The third-order valence-electron chi connectivity index (χ3n) is 2.55. The first-order valence-corrected chi connectivity index (χ1v) is 7.08. The summed E-state index contributed by atoms with van der Waals surface area (Å²) >= 11 is 0. The molecule has 114 valence electrons. The van der Waals surface area contributed by atoms with Gasteiger partial charge in [0.25, 0.3) is 0 Å². The highest BCUT2D eigenvalue weighted by Crippen LogP contribution is 2.23. The quantitative estimate of drug-likeness (QED) is 0.779. The molecule has 1 N–H and O–H groups in total. The molecule has 0 aliphatic heterocycles. The SMILES string of the molecule is COCCNc1cc(OCC(C)C)nc(C(C)(C)C)n1. The Labute approximate surface area is 122 Å². The van der Waals surface area contributed by atoms with Crippen LogP contribution >= 0.6 is 0 Å². The fourth-order valence-corrected chi connectivity index (χ4v) is 1.46. The number of nitrogens with zero attached hydrogens (tertiary/aromatic N) is 2. The number of nitrogens with one attached hydrogen (secondary N) is 1. The summed E-state index contributed by atoms with van der Waals surface area (Å²) in [5.41, 5.74) is -0.116. The summed E-state index contributed by atoms with van der Waals surface area (Å²) in [6, 6.07) is 1.84. The molecule has 0 bridgehead atoms. The molecule has 0 unspecified atom stereocenters. The van der Waals surface area contributed by atoms with Gasteiger partial charge in [-0.3, -0.25) is 0 Å². The van der Waals surface area contributed by atoms with E-state index < -0.39 is 0 Å². The molecule has 0 radical (unpaired) electrons. The lowest BCUT2D eigenvalue weighted by atomic mass is 9.96. The molecular formula is C15H27N3O2. The third kappa shape index (κ3) is 5.74. The van der Waals surface area contributed by atoms with Crippen LogP contribution in [0.5, 0.6) is 5.88 Å². The van der Waals surface area contributed by atoms with E-state index in [0.29, 0.717) is 31.6 Å². The molecule has 0 spiro atoms. The van der Waals surface area contributed by atoms with Crippen molar-refractivity contribution in [3.63, 3.8) is 0 Å². The molecule has 0 atom stereocenters. The Morgan fingerprint density at radius 3 is 2.50 bits per heavy atom. The van der Waals surface area contributed by atoms with Crippen LogP contribution < -0.4 is 10.1 Å². The molecule has 1 heterocycles. The zero-order chi connectivity index (χ0) is 15.2. The van der Waals surface area contributed by atoms with E-state index in [2.05, 4.69) is 49.9 Å². The van der Waals surface area contributed by atoms with Crippen molar-refractivity contribution in [3.8, 4) is 5.88 Å². The zero-order valence-corrected chi connectivity index (χ0v) is 13.5. The van der Waals surface area contributed by atoms with Crippen LogP contribution in [-0.2, 0) is 10.2 Å². The molecule has 1 aromatic heterocycles. The number of anilines is 1. The van der Waals surface area contributed by atoms with Crippen LogP contribution in [0.4, 0.5) is 5.82 Å². The molecule has 0 saturated heterocycles. The van der Waals surface area contributed by atoms with E-state index in [1.807, 2.05) is 6.07 Å². The lowest BCUT2D eigenvalue weighted by Crippen LogP contribution is -2.19. The minimum absolute atomic E-state index is 0.116. The van der Waals surface area contributed by atoms with Crippen molar-refractivity contribution in [2.45, 2.75) is 40.0 Å². The highest BCUT2D eigenvalue weighted by Gasteiger charge is 2.19. The van der Waals surface area contributed by atoms with Gasteiger partial charge in [0.1, 0.15) is 11.6 Å². The minimum Gasteiger partial charge on any atom is -0.477 e. The van der Waals surface area contributed by atoms with Gasteiger partial charge in [-0.05, 0) is 5.92 Å². The molecule has 0 amide bonds. The van der Waals surface area contributed by atoms with E-state index in [1.165, 1.54) is 0 Å². The van der Waals surface area contributed by atoms with E-state index in [0.717, 1.165) is 11.6 Å². The summed E-state index contributed by atoms with van der Waals surface area (Å²) in [5.74, 6) is 2.64. The van der Waals surface area contributed by atoms with Gasteiger partial charge in [-0.1, -0.05) is 34.6 Å². The van der Waals surface area contributed by atoms with Crippen molar-refractivity contribution in [2.75, 3.05) is 32.2 Å². The van der Waals surface area contributed by atoms with Crippen molar-refractivity contribution in [3.05, 3.63) is 11.9 Å². The fourth-order valence-electron chi connectivity index (χ4n) is 1.46. The first-order chi connectivity index (χ1) is 9.32. The number of ether oxygens (including phenoxy) is 2. The van der Waals surface area contributed by atoms with Gasteiger partial charge < -0.3 is 14.8 Å². The van der Waals surface area contributed by atoms with Crippen LogP contribution in [0.15, 0.2) is 6.07 Å². The maximum Gasteiger partial charge on any atom is 0.218 e. The Kier molecular flexibility index (Phi) is 6.20. The number of hydrogen-bond acceptors (Lipinski definition) is 5. The third-order valence-corrected chi connectivity index (χ3v) is 2.55. The predicted molar refractivity (Wildman–Crippen MR) is 81.4 cm³/mol. The highest BCUT2D eigenvalue weighted by atomic mass is 16.5. The number of rotatable bonds is 7. The average molecular weight is 281 g/mol. The van der Waals surface area contributed by atoms with Crippen molar-refractivity contribution in [1.82, 2.24) is 9.97 Å². The van der Waals surface area contributed by atoms with Gasteiger partial charge in [0.2, 0.25) is 5.88 Å². The minimum atomic E-state index is -0.116. The maximum absolute atomic E-state index is 5.73. The summed E-state index contributed by atoms with van der Waals surface area (Å²) in [7, 11) is 1.68. The van der Waals surface area contributed by atoms with Crippen LogP contribution in [-0.4, -0.2) is 36.8 Å². The maximum atomic E-state index is 5.73. The van der Waals surface area contributed by atoms with Crippen LogP contribution in [0.1, 0.15) is 40.4 Å². The molecule has 0 aromatic carbocycles. The first kappa shape index (κ1) is 16.7. The molecule has 20 heavy (non-hydrogen) atoms. The van der Waals surface area contributed by atoms with Gasteiger partial charge in [0.15, 0.2) is 0 Å². The van der Waals surface area contributed by atoms with Crippen LogP contribution in [0.2, 0.25) is 0 Å². The molecule has 0 aliphatic carbocycles. The van der Waals surface area contributed by atoms with E-state index in [9.17, 15) is 0 Å². The molecule has 0 saturated carbocycles. The van der Waals surface area contributed by atoms with E-state index in [1.54, 1.807) is 7.11 Å². The highest BCUT2D eigenvalue weighted by molar-refractivity contribution is 5.39. The van der Waals surface area contributed by atoms with Gasteiger partial charge >= 0.3 is 0 Å². The Balaban J connectivity index is 2.89. The number of aromatic nitrogens is 2. The second-order valence-electron chi connectivity index (χ2n) is 6.29. The zero-order valence-electron chi connectivity index (χ0n) is 13.5. The van der Waals surface area contributed by atoms with E-state index in [-0.39, 0.29) is 5.41 Å². The van der Waals surface area contributed by atoms with Crippen LogP contribution in [0.25, 0.3) is 0 Å². The van der Waals surface area contributed by atoms with Gasteiger partial charge in [-0.15, -0.1) is 0 Å². The Hall–Kier alpha value is -1.36.